The van der Waals surface area contributed by atoms with Crippen LogP contribution in [0.15, 0.2) is 18.2 Å². The Kier molecular flexibility index (Phi) is 3.32. The van der Waals surface area contributed by atoms with Crippen molar-refractivity contribution in [1.29, 1.82) is 5.26 Å². The van der Waals surface area contributed by atoms with Gasteiger partial charge in [0.2, 0.25) is 0 Å². The standard InChI is InChI=1S/C10H12N2O2/c1-7(13)6-14-10-3-2-8(5-11)4-9(10)12/h2-4,7,13H,6,12H2,1H3. The number of ether oxygens (including phenoxy) is 1. The van der Waals surface area contributed by atoms with Crippen molar-refractivity contribution in [2.24, 2.45) is 0 Å². The van der Waals surface area contributed by atoms with E-state index in [-0.39, 0.29) is 6.61 Å². The number of rotatable bonds is 3. The van der Waals surface area contributed by atoms with Crippen molar-refractivity contribution in [3.63, 3.8) is 0 Å². The second-order valence-corrected chi connectivity index (χ2v) is 3.02. The summed E-state index contributed by atoms with van der Waals surface area (Å²) in [5.41, 5.74) is 6.53. The number of hydrogen-bond acceptors (Lipinski definition) is 4. The van der Waals surface area contributed by atoms with Gasteiger partial charge >= 0.3 is 0 Å². The highest BCUT2D eigenvalue weighted by molar-refractivity contribution is 5.56. The van der Waals surface area contributed by atoms with Crippen molar-refractivity contribution < 1.29 is 9.84 Å². The first kappa shape index (κ1) is 10.4. The third-order valence-corrected chi connectivity index (χ3v) is 1.62. The molecule has 14 heavy (non-hydrogen) atoms. The van der Waals surface area contributed by atoms with Crippen LogP contribution in [-0.4, -0.2) is 17.8 Å². The zero-order valence-corrected chi connectivity index (χ0v) is 7.90. The highest BCUT2D eigenvalue weighted by Gasteiger charge is 2.03. The molecule has 0 aliphatic carbocycles. The highest BCUT2D eigenvalue weighted by atomic mass is 16.5. The van der Waals surface area contributed by atoms with Gasteiger partial charge in [-0.2, -0.15) is 5.26 Å². The van der Waals surface area contributed by atoms with E-state index in [0.717, 1.165) is 0 Å². The minimum Gasteiger partial charge on any atom is -0.489 e. The third kappa shape index (κ3) is 2.64. The van der Waals surface area contributed by atoms with Crippen molar-refractivity contribution in [3.8, 4) is 11.8 Å². The van der Waals surface area contributed by atoms with E-state index in [1.165, 1.54) is 6.07 Å². The lowest BCUT2D eigenvalue weighted by atomic mass is 10.2. The minimum atomic E-state index is -0.537. The SMILES string of the molecule is CC(O)COc1ccc(C#N)cc1N. The maximum absolute atomic E-state index is 8.99. The zero-order chi connectivity index (χ0) is 10.6. The van der Waals surface area contributed by atoms with E-state index in [4.69, 9.17) is 20.8 Å². The summed E-state index contributed by atoms with van der Waals surface area (Å²) in [6, 6.07) is 6.75. The summed E-state index contributed by atoms with van der Waals surface area (Å²) in [4.78, 5) is 0. The number of benzene rings is 1. The van der Waals surface area contributed by atoms with Gasteiger partial charge in [-0.05, 0) is 25.1 Å². The first-order chi connectivity index (χ1) is 6.63. The second-order valence-electron chi connectivity index (χ2n) is 3.02. The lowest BCUT2D eigenvalue weighted by Crippen LogP contribution is -2.13. The molecule has 0 aliphatic rings. The summed E-state index contributed by atoms with van der Waals surface area (Å²) >= 11 is 0. The number of anilines is 1. The van der Waals surface area contributed by atoms with Gasteiger partial charge in [-0.15, -0.1) is 0 Å². The van der Waals surface area contributed by atoms with Crippen LogP contribution in [0, 0.1) is 11.3 Å². The maximum Gasteiger partial charge on any atom is 0.142 e. The fourth-order valence-corrected chi connectivity index (χ4v) is 0.960. The maximum atomic E-state index is 8.99. The van der Waals surface area contributed by atoms with Gasteiger partial charge < -0.3 is 15.6 Å². The van der Waals surface area contributed by atoms with Crippen LogP contribution in [0.4, 0.5) is 5.69 Å². The fourth-order valence-electron chi connectivity index (χ4n) is 0.960. The van der Waals surface area contributed by atoms with Gasteiger partial charge in [-0.1, -0.05) is 0 Å². The topological polar surface area (TPSA) is 79.3 Å². The number of hydrogen-bond donors (Lipinski definition) is 2. The average Bonchev–Trinajstić information content (AvgIpc) is 2.15. The molecular formula is C10H12N2O2. The Balaban J connectivity index is 2.75. The van der Waals surface area contributed by atoms with E-state index >= 15 is 0 Å². The average molecular weight is 192 g/mol. The molecule has 1 atom stereocenters. The summed E-state index contributed by atoms with van der Waals surface area (Å²) in [5, 5.41) is 17.6. The van der Waals surface area contributed by atoms with Crippen LogP contribution in [0.25, 0.3) is 0 Å². The Labute approximate surface area is 82.5 Å². The van der Waals surface area contributed by atoms with Crippen molar-refractivity contribution in [2.45, 2.75) is 13.0 Å². The van der Waals surface area contributed by atoms with E-state index in [1.807, 2.05) is 6.07 Å². The van der Waals surface area contributed by atoms with Crippen molar-refractivity contribution in [1.82, 2.24) is 0 Å². The predicted octanol–water partition coefficient (Wildman–Crippen LogP) is 0.900. The Morgan fingerprint density at radius 2 is 2.36 bits per heavy atom. The van der Waals surface area contributed by atoms with Crippen molar-refractivity contribution >= 4 is 5.69 Å². The van der Waals surface area contributed by atoms with Crippen LogP contribution in [0.3, 0.4) is 0 Å². The lowest BCUT2D eigenvalue weighted by Gasteiger charge is -2.10. The van der Waals surface area contributed by atoms with Crippen LogP contribution in [0.2, 0.25) is 0 Å². The number of nitrogens with zero attached hydrogens (tertiary/aromatic N) is 1. The largest absolute Gasteiger partial charge is 0.489 e. The molecule has 0 heterocycles. The molecular weight excluding hydrogens is 180 g/mol. The van der Waals surface area contributed by atoms with Crippen LogP contribution in [0.5, 0.6) is 5.75 Å². The molecule has 4 heteroatoms. The van der Waals surface area contributed by atoms with Gasteiger partial charge in [-0.25, -0.2) is 0 Å². The van der Waals surface area contributed by atoms with Gasteiger partial charge in [0.25, 0.3) is 0 Å². The Hall–Kier alpha value is -1.73. The molecule has 0 aliphatic heterocycles. The van der Waals surface area contributed by atoms with Crippen LogP contribution < -0.4 is 10.5 Å². The fraction of sp³-hybridized carbons (Fsp3) is 0.300. The van der Waals surface area contributed by atoms with Crippen LogP contribution in [0.1, 0.15) is 12.5 Å². The number of aliphatic hydroxyl groups is 1. The monoisotopic (exact) mass is 192 g/mol. The molecule has 3 N–H and O–H groups in total. The molecule has 4 nitrogen and oxygen atoms in total. The van der Waals surface area contributed by atoms with Gasteiger partial charge in [0.15, 0.2) is 0 Å². The van der Waals surface area contributed by atoms with E-state index in [9.17, 15) is 0 Å². The summed E-state index contributed by atoms with van der Waals surface area (Å²) in [5.74, 6) is 0.491. The van der Waals surface area contributed by atoms with E-state index in [0.29, 0.717) is 17.0 Å². The Morgan fingerprint density at radius 3 is 2.86 bits per heavy atom. The molecule has 0 aromatic heterocycles. The van der Waals surface area contributed by atoms with E-state index in [2.05, 4.69) is 0 Å². The molecule has 0 saturated carbocycles. The number of nitriles is 1. The highest BCUT2D eigenvalue weighted by Crippen LogP contribution is 2.22. The second kappa shape index (κ2) is 4.49. The molecule has 1 rings (SSSR count). The van der Waals surface area contributed by atoms with Crippen molar-refractivity contribution in [3.05, 3.63) is 23.8 Å². The molecule has 0 bridgehead atoms. The number of nitrogen functional groups attached to an aromatic ring is 1. The summed E-state index contributed by atoms with van der Waals surface area (Å²) in [6.07, 6.45) is -0.537. The van der Waals surface area contributed by atoms with E-state index < -0.39 is 6.10 Å². The van der Waals surface area contributed by atoms with E-state index in [1.54, 1.807) is 19.1 Å². The Morgan fingerprint density at radius 1 is 1.64 bits per heavy atom. The lowest BCUT2D eigenvalue weighted by molar-refractivity contribution is 0.123. The molecule has 1 aromatic carbocycles. The normalized spacial score (nSPS) is 11.8. The first-order valence-electron chi connectivity index (χ1n) is 4.24. The number of nitrogens with two attached hydrogens (primary N) is 1. The van der Waals surface area contributed by atoms with Crippen LogP contribution >= 0.6 is 0 Å². The van der Waals surface area contributed by atoms with Gasteiger partial charge in [0, 0.05) is 0 Å². The summed E-state index contributed by atoms with van der Waals surface area (Å²) < 4.78 is 5.21. The molecule has 1 unspecified atom stereocenters. The minimum absolute atomic E-state index is 0.191. The zero-order valence-electron chi connectivity index (χ0n) is 7.90. The smallest absolute Gasteiger partial charge is 0.142 e. The van der Waals surface area contributed by atoms with Crippen LogP contribution in [-0.2, 0) is 0 Å². The molecule has 0 amide bonds. The quantitative estimate of drug-likeness (QED) is 0.697. The van der Waals surface area contributed by atoms with Gasteiger partial charge in [0.1, 0.15) is 12.4 Å². The first-order valence-corrected chi connectivity index (χ1v) is 4.24. The predicted molar refractivity (Wildman–Crippen MR) is 52.7 cm³/mol. The summed E-state index contributed by atoms with van der Waals surface area (Å²) in [6.45, 7) is 1.82. The van der Waals surface area contributed by atoms with Crippen molar-refractivity contribution in [2.75, 3.05) is 12.3 Å². The molecule has 1 aromatic rings. The third-order valence-electron chi connectivity index (χ3n) is 1.62. The molecule has 0 spiro atoms. The molecule has 74 valence electrons. The number of aliphatic hydroxyl groups excluding tert-OH is 1. The van der Waals surface area contributed by atoms with Gasteiger partial charge in [-0.3, -0.25) is 0 Å². The van der Waals surface area contributed by atoms with Gasteiger partial charge in [0.05, 0.1) is 23.4 Å². The molecule has 0 saturated heterocycles. The molecule has 0 fully saturated rings. The Bertz CT molecular complexity index is 356. The summed E-state index contributed by atoms with van der Waals surface area (Å²) in [7, 11) is 0. The molecule has 0 radical (unpaired) electrons.